The molecule has 34 heavy (non-hydrogen) atoms. The highest BCUT2D eigenvalue weighted by Gasteiger charge is 2.28. The first-order valence-electron chi connectivity index (χ1n) is 11.6. The first-order valence-corrected chi connectivity index (χ1v) is 12.0. The van der Waals surface area contributed by atoms with E-state index in [1.54, 1.807) is 16.9 Å². The Morgan fingerprint density at radius 3 is 2.59 bits per heavy atom. The molecule has 3 aromatic rings. The van der Waals surface area contributed by atoms with Crippen LogP contribution in [0.15, 0.2) is 36.8 Å². The average molecular weight is 485 g/mol. The van der Waals surface area contributed by atoms with E-state index in [1.807, 2.05) is 6.20 Å². The molecule has 178 valence electrons. The second-order valence-electron chi connectivity index (χ2n) is 8.97. The molecule has 1 saturated heterocycles. The Balaban J connectivity index is 1.16. The number of hydrogen-bond donors (Lipinski definition) is 2. The zero-order valence-corrected chi connectivity index (χ0v) is 19.4. The molecule has 0 bridgehead atoms. The number of benzene rings is 1. The number of carbonyl (C=O) groups excluding carboxylic acids is 2. The molecular weight excluding hydrogens is 459 g/mol. The van der Waals surface area contributed by atoms with Crippen LogP contribution in [0.2, 0.25) is 5.02 Å². The fourth-order valence-corrected chi connectivity index (χ4v) is 4.97. The molecule has 8 nitrogen and oxygen atoms in total. The quantitative estimate of drug-likeness (QED) is 0.570. The third kappa shape index (κ3) is 4.70. The molecule has 0 radical (unpaired) electrons. The van der Waals surface area contributed by atoms with Gasteiger partial charge in [0.2, 0.25) is 5.91 Å². The summed E-state index contributed by atoms with van der Waals surface area (Å²) in [4.78, 5) is 32.3. The van der Waals surface area contributed by atoms with Gasteiger partial charge in [-0.25, -0.2) is 13.9 Å². The number of nitrogens with one attached hydrogen (secondary N) is 2. The van der Waals surface area contributed by atoms with E-state index in [0.29, 0.717) is 42.6 Å². The lowest BCUT2D eigenvalue weighted by molar-refractivity contribution is -0.120. The van der Waals surface area contributed by atoms with Crippen molar-refractivity contribution in [3.8, 4) is 0 Å². The van der Waals surface area contributed by atoms with Gasteiger partial charge in [-0.15, -0.1) is 0 Å². The molecule has 0 spiro atoms. The van der Waals surface area contributed by atoms with Crippen molar-refractivity contribution in [3.05, 3.63) is 53.2 Å². The van der Waals surface area contributed by atoms with Crippen molar-refractivity contribution in [2.24, 2.45) is 5.92 Å². The molecule has 2 amide bonds. The van der Waals surface area contributed by atoms with Gasteiger partial charge in [0.25, 0.3) is 5.91 Å². The Kier molecular flexibility index (Phi) is 6.36. The van der Waals surface area contributed by atoms with Gasteiger partial charge in [-0.1, -0.05) is 11.6 Å². The van der Waals surface area contributed by atoms with Crippen molar-refractivity contribution in [2.45, 2.75) is 44.6 Å². The molecule has 1 aromatic carbocycles. The molecule has 0 unspecified atom stereocenters. The van der Waals surface area contributed by atoms with Crippen LogP contribution in [0.25, 0.3) is 5.65 Å². The van der Waals surface area contributed by atoms with Crippen LogP contribution in [0.4, 0.5) is 15.8 Å². The van der Waals surface area contributed by atoms with Crippen molar-refractivity contribution in [1.82, 2.24) is 19.9 Å². The van der Waals surface area contributed by atoms with Crippen LogP contribution >= 0.6 is 11.6 Å². The van der Waals surface area contributed by atoms with Gasteiger partial charge in [0, 0.05) is 25.0 Å². The first-order chi connectivity index (χ1) is 16.5. The normalized spacial score (nSPS) is 20.5. The molecule has 3 heterocycles. The summed E-state index contributed by atoms with van der Waals surface area (Å²) in [6.45, 7) is 2.03. The molecule has 10 heteroatoms. The maximum Gasteiger partial charge on any atom is 0.256 e. The monoisotopic (exact) mass is 484 g/mol. The zero-order chi connectivity index (χ0) is 23.7. The Morgan fingerprint density at radius 1 is 1.09 bits per heavy atom. The van der Waals surface area contributed by atoms with Crippen LogP contribution in [-0.4, -0.2) is 45.5 Å². The fourth-order valence-electron chi connectivity index (χ4n) is 4.75. The highest BCUT2D eigenvalue weighted by molar-refractivity contribution is 6.33. The van der Waals surface area contributed by atoms with E-state index < -0.39 is 5.82 Å². The Hall–Kier alpha value is -3.20. The minimum atomic E-state index is -0.451. The van der Waals surface area contributed by atoms with E-state index in [2.05, 4.69) is 25.6 Å². The molecule has 2 aliphatic rings. The molecule has 1 aliphatic heterocycles. The van der Waals surface area contributed by atoms with Crippen molar-refractivity contribution >= 4 is 40.4 Å². The van der Waals surface area contributed by atoms with E-state index in [9.17, 15) is 14.0 Å². The number of carbonyl (C=O) groups is 2. The fraction of sp³-hybridized carbons (Fsp3) is 0.417. The van der Waals surface area contributed by atoms with E-state index in [0.717, 1.165) is 18.8 Å². The van der Waals surface area contributed by atoms with Crippen LogP contribution in [0.1, 0.15) is 48.9 Å². The van der Waals surface area contributed by atoms with Crippen LogP contribution in [0, 0.1) is 11.7 Å². The predicted molar refractivity (Wildman–Crippen MR) is 128 cm³/mol. The standard InChI is InChI=1S/C24H26ClFN6O2/c25-20-11-16(26)5-8-21(20)30-23(33)15-3-6-17(7-4-15)29-24(34)19-13-28-32-14-18(12-27-22(19)32)31-9-1-2-10-31/h5,8,11-15,17H,1-4,6-7,9-10H2,(H,29,34)(H,30,33)/t15-,17-. The van der Waals surface area contributed by atoms with Gasteiger partial charge in [-0.05, 0) is 56.7 Å². The van der Waals surface area contributed by atoms with Crippen molar-refractivity contribution in [1.29, 1.82) is 0 Å². The van der Waals surface area contributed by atoms with Gasteiger partial charge in [-0.3, -0.25) is 9.59 Å². The first kappa shape index (κ1) is 22.6. The molecule has 1 saturated carbocycles. The predicted octanol–water partition coefficient (Wildman–Crippen LogP) is 4.05. The van der Waals surface area contributed by atoms with Gasteiger partial charge in [0.1, 0.15) is 11.4 Å². The van der Waals surface area contributed by atoms with Crippen molar-refractivity contribution in [3.63, 3.8) is 0 Å². The molecule has 2 N–H and O–H groups in total. The summed E-state index contributed by atoms with van der Waals surface area (Å²) < 4.78 is 14.9. The topological polar surface area (TPSA) is 91.6 Å². The summed E-state index contributed by atoms with van der Waals surface area (Å²) in [5.41, 5.74) is 2.39. The number of nitrogens with zero attached hydrogens (tertiary/aromatic N) is 4. The van der Waals surface area contributed by atoms with Gasteiger partial charge in [0.15, 0.2) is 5.65 Å². The molecule has 2 aromatic heterocycles. The average Bonchev–Trinajstić information content (AvgIpc) is 3.51. The molecular formula is C24H26ClFN6O2. The lowest BCUT2D eigenvalue weighted by atomic mass is 9.85. The minimum absolute atomic E-state index is 0.0233. The highest BCUT2D eigenvalue weighted by Crippen LogP contribution is 2.28. The number of rotatable bonds is 5. The maximum atomic E-state index is 13.2. The molecule has 2 fully saturated rings. The number of amides is 2. The van der Waals surface area contributed by atoms with E-state index in [-0.39, 0.29) is 28.8 Å². The summed E-state index contributed by atoms with van der Waals surface area (Å²) in [7, 11) is 0. The maximum absolute atomic E-state index is 13.2. The van der Waals surface area contributed by atoms with Crippen molar-refractivity contribution < 1.29 is 14.0 Å². The SMILES string of the molecule is O=C(N[C@H]1CC[C@H](C(=O)Nc2ccc(F)cc2Cl)CC1)c1cnn2cc(N3CCCC3)cnc12. The third-order valence-corrected chi connectivity index (χ3v) is 6.99. The van der Waals surface area contributed by atoms with Crippen LogP contribution in [0.5, 0.6) is 0 Å². The number of halogens is 2. The van der Waals surface area contributed by atoms with Gasteiger partial charge < -0.3 is 15.5 Å². The zero-order valence-electron chi connectivity index (χ0n) is 18.6. The second kappa shape index (κ2) is 9.58. The Bertz CT molecular complexity index is 1220. The van der Waals surface area contributed by atoms with Gasteiger partial charge in [0.05, 0.1) is 35.0 Å². The van der Waals surface area contributed by atoms with Crippen LogP contribution < -0.4 is 15.5 Å². The van der Waals surface area contributed by atoms with Crippen molar-refractivity contribution in [2.75, 3.05) is 23.3 Å². The Morgan fingerprint density at radius 2 is 1.85 bits per heavy atom. The summed E-state index contributed by atoms with van der Waals surface area (Å²) >= 11 is 6.01. The summed E-state index contributed by atoms with van der Waals surface area (Å²) in [6.07, 6.45) is 10.3. The Labute approximate surface area is 201 Å². The number of fused-ring (bicyclic) bond motifs is 1. The lowest BCUT2D eigenvalue weighted by Gasteiger charge is -2.28. The summed E-state index contributed by atoms with van der Waals surface area (Å²) in [6, 6.07) is 3.87. The van der Waals surface area contributed by atoms with Gasteiger partial charge in [-0.2, -0.15) is 5.10 Å². The van der Waals surface area contributed by atoms with Crippen LogP contribution in [-0.2, 0) is 4.79 Å². The third-order valence-electron chi connectivity index (χ3n) is 6.68. The summed E-state index contributed by atoms with van der Waals surface area (Å²) in [5, 5.41) is 10.4. The lowest BCUT2D eigenvalue weighted by Crippen LogP contribution is -2.39. The largest absolute Gasteiger partial charge is 0.369 e. The van der Waals surface area contributed by atoms with E-state index in [4.69, 9.17) is 11.6 Å². The molecule has 1 aliphatic carbocycles. The van der Waals surface area contributed by atoms with E-state index in [1.165, 1.54) is 31.0 Å². The molecule has 5 rings (SSSR count). The number of hydrogen-bond acceptors (Lipinski definition) is 5. The van der Waals surface area contributed by atoms with E-state index >= 15 is 0 Å². The van der Waals surface area contributed by atoms with Gasteiger partial charge >= 0.3 is 0 Å². The second-order valence-corrected chi connectivity index (χ2v) is 9.38. The molecule has 0 atom stereocenters. The highest BCUT2D eigenvalue weighted by atomic mass is 35.5. The minimum Gasteiger partial charge on any atom is -0.369 e. The smallest absolute Gasteiger partial charge is 0.256 e. The number of anilines is 2. The summed E-state index contributed by atoms with van der Waals surface area (Å²) in [5.74, 6) is -0.981. The number of aromatic nitrogens is 3. The van der Waals surface area contributed by atoms with Crippen LogP contribution in [0.3, 0.4) is 0 Å².